The summed E-state index contributed by atoms with van der Waals surface area (Å²) in [6.45, 7) is 3.42. The van der Waals surface area contributed by atoms with E-state index in [1.165, 1.54) is 17.7 Å². The molecule has 0 saturated carbocycles. The number of amides is 1. The van der Waals surface area contributed by atoms with Crippen molar-refractivity contribution in [2.45, 2.75) is 26.8 Å². The second-order valence-electron chi connectivity index (χ2n) is 7.18. The molecule has 0 atom stereocenters. The number of nitrogens with zero attached hydrogens (tertiary/aromatic N) is 4. The second-order valence-corrected chi connectivity index (χ2v) is 7.18. The molecule has 0 aliphatic rings. The highest BCUT2D eigenvalue weighted by atomic mass is 16.2. The lowest BCUT2D eigenvalue weighted by Crippen LogP contribution is -2.26. The fraction of sp³-hybridized carbons (Fsp3) is 0.174. The van der Waals surface area contributed by atoms with Crippen LogP contribution in [-0.4, -0.2) is 31.0 Å². The first-order valence-corrected chi connectivity index (χ1v) is 9.85. The summed E-state index contributed by atoms with van der Waals surface area (Å²) < 4.78 is 3.11. The Morgan fingerprint density at radius 2 is 1.74 bits per heavy atom. The van der Waals surface area contributed by atoms with E-state index in [0.29, 0.717) is 28.1 Å². The molecule has 2 aromatic heterocycles. The molecule has 0 fully saturated rings. The van der Waals surface area contributed by atoms with Gasteiger partial charge in [-0.2, -0.15) is 5.10 Å². The third-order valence-electron chi connectivity index (χ3n) is 5.02. The van der Waals surface area contributed by atoms with Crippen LogP contribution in [0, 0.1) is 6.92 Å². The first-order valence-electron chi connectivity index (χ1n) is 9.85. The van der Waals surface area contributed by atoms with Crippen LogP contribution in [0.1, 0.15) is 29.5 Å². The zero-order valence-corrected chi connectivity index (χ0v) is 17.2. The first kappa shape index (κ1) is 20.2. The Hall–Kier alpha value is -4.07. The molecule has 0 aliphatic carbocycles. The highest BCUT2D eigenvalue weighted by Gasteiger charge is 2.15. The average Bonchev–Trinajstić information content (AvgIpc) is 3.18. The molecule has 4 rings (SSSR count). The monoisotopic (exact) mass is 415 g/mol. The van der Waals surface area contributed by atoms with Crippen molar-refractivity contribution in [2.75, 3.05) is 5.32 Å². The van der Waals surface area contributed by atoms with Crippen LogP contribution in [0.15, 0.2) is 65.6 Å². The summed E-state index contributed by atoms with van der Waals surface area (Å²) in [5.74, 6) is 0.238. The van der Waals surface area contributed by atoms with Crippen LogP contribution >= 0.6 is 0 Å². The molecule has 1 N–H and O–H groups in total. The number of aryl methyl sites for hydroxylation is 1. The van der Waals surface area contributed by atoms with Crippen LogP contribution in [0.2, 0.25) is 0 Å². The third kappa shape index (κ3) is 4.13. The van der Waals surface area contributed by atoms with E-state index in [1.54, 1.807) is 35.9 Å². The smallest absolute Gasteiger partial charge is 0.264 e. The van der Waals surface area contributed by atoms with E-state index in [2.05, 4.69) is 15.4 Å². The van der Waals surface area contributed by atoms with E-state index >= 15 is 0 Å². The van der Waals surface area contributed by atoms with Crippen molar-refractivity contribution in [3.05, 3.63) is 82.5 Å². The minimum absolute atomic E-state index is 0.0359. The Morgan fingerprint density at radius 3 is 2.42 bits per heavy atom. The Morgan fingerprint density at radius 1 is 1.03 bits per heavy atom. The molecule has 0 unspecified atom stereocenters. The van der Waals surface area contributed by atoms with Crippen LogP contribution < -0.4 is 10.9 Å². The molecule has 8 heteroatoms. The van der Waals surface area contributed by atoms with Gasteiger partial charge in [0.1, 0.15) is 11.2 Å². The number of carbonyl (C=O) groups is 2. The minimum atomic E-state index is -0.234. The van der Waals surface area contributed by atoms with Crippen LogP contribution in [0.3, 0.4) is 0 Å². The molecule has 0 bridgehead atoms. The number of hydrogen-bond acceptors (Lipinski definition) is 5. The van der Waals surface area contributed by atoms with Gasteiger partial charge in [0.2, 0.25) is 5.91 Å². The number of Topliss-reactive ketones (excluding diaryl/α,β-unsaturated/α-hetero) is 1. The summed E-state index contributed by atoms with van der Waals surface area (Å²) in [5, 5.41) is 7.49. The number of rotatable bonds is 6. The minimum Gasteiger partial charge on any atom is -0.326 e. The molecule has 2 aromatic carbocycles. The van der Waals surface area contributed by atoms with Crippen molar-refractivity contribution in [2.24, 2.45) is 0 Å². The summed E-state index contributed by atoms with van der Waals surface area (Å²) >= 11 is 0. The van der Waals surface area contributed by atoms with Gasteiger partial charge in [-0.1, -0.05) is 18.2 Å². The maximum Gasteiger partial charge on any atom is 0.264 e. The topological polar surface area (TPSA) is 98.9 Å². The third-order valence-corrected chi connectivity index (χ3v) is 5.02. The SMILES string of the molecule is CC(=O)c1ccc(NC(=O)CCn2c(C)nc3c(cnn3-c3ccccc3)c2=O)cc1. The number of carbonyl (C=O) groups excluding carboxylic acids is 2. The number of nitrogens with one attached hydrogen (secondary N) is 1. The van der Waals surface area contributed by atoms with Gasteiger partial charge in [-0.05, 0) is 50.2 Å². The first-order chi connectivity index (χ1) is 14.9. The summed E-state index contributed by atoms with van der Waals surface area (Å²) in [5.41, 5.74) is 2.24. The standard InChI is InChI=1S/C23H21N5O3/c1-15(29)17-8-10-18(11-9-17)26-21(30)12-13-27-16(2)25-22-20(23(27)31)14-24-28(22)19-6-4-3-5-7-19/h3-11,14H,12-13H2,1-2H3,(H,26,30). The van der Waals surface area contributed by atoms with Gasteiger partial charge in [-0.15, -0.1) is 0 Å². The molecule has 0 aliphatic heterocycles. The Balaban J connectivity index is 1.51. The second kappa shape index (κ2) is 8.35. The summed E-state index contributed by atoms with van der Waals surface area (Å²) in [4.78, 5) is 41.2. The van der Waals surface area contributed by atoms with Gasteiger partial charge in [-0.3, -0.25) is 19.0 Å². The highest BCUT2D eigenvalue weighted by molar-refractivity contribution is 5.95. The Bertz CT molecular complexity index is 1320. The van der Waals surface area contributed by atoms with E-state index in [9.17, 15) is 14.4 Å². The number of hydrogen-bond donors (Lipinski definition) is 1. The lowest BCUT2D eigenvalue weighted by molar-refractivity contribution is -0.116. The number of anilines is 1. The zero-order chi connectivity index (χ0) is 22.0. The highest BCUT2D eigenvalue weighted by Crippen LogP contribution is 2.15. The van der Waals surface area contributed by atoms with E-state index in [4.69, 9.17) is 0 Å². The van der Waals surface area contributed by atoms with Crippen LogP contribution in [-0.2, 0) is 11.3 Å². The fourth-order valence-corrected chi connectivity index (χ4v) is 3.35. The number of benzene rings is 2. The fourth-order valence-electron chi connectivity index (χ4n) is 3.35. The summed E-state index contributed by atoms with van der Waals surface area (Å²) in [6.07, 6.45) is 1.61. The largest absolute Gasteiger partial charge is 0.326 e. The van der Waals surface area contributed by atoms with Crippen molar-refractivity contribution < 1.29 is 9.59 Å². The molecule has 1 amide bonds. The number of fused-ring (bicyclic) bond motifs is 1. The van der Waals surface area contributed by atoms with E-state index in [0.717, 1.165) is 5.69 Å². The lowest BCUT2D eigenvalue weighted by atomic mass is 10.1. The molecule has 156 valence electrons. The van der Waals surface area contributed by atoms with Gasteiger partial charge < -0.3 is 5.32 Å². The quantitative estimate of drug-likeness (QED) is 0.488. The predicted molar refractivity (Wildman–Crippen MR) is 118 cm³/mol. The molecule has 0 radical (unpaired) electrons. The molecular weight excluding hydrogens is 394 g/mol. The van der Waals surface area contributed by atoms with Crippen LogP contribution in [0.25, 0.3) is 16.7 Å². The van der Waals surface area contributed by atoms with E-state index in [1.807, 2.05) is 30.3 Å². The van der Waals surface area contributed by atoms with Gasteiger partial charge in [0.15, 0.2) is 11.4 Å². The van der Waals surface area contributed by atoms with Gasteiger partial charge in [0.05, 0.1) is 11.9 Å². The van der Waals surface area contributed by atoms with E-state index in [-0.39, 0.29) is 30.2 Å². The number of ketones is 1. The van der Waals surface area contributed by atoms with Crippen molar-refractivity contribution in [3.63, 3.8) is 0 Å². The van der Waals surface area contributed by atoms with Gasteiger partial charge in [0.25, 0.3) is 5.56 Å². The molecule has 0 spiro atoms. The molecular formula is C23H21N5O3. The van der Waals surface area contributed by atoms with Crippen LogP contribution in [0.5, 0.6) is 0 Å². The molecule has 0 saturated heterocycles. The van der Waals surface area contributed by atoms with Gasteiger partial charge >= 0.3 is 0 Å². The molecule has 8 nitrogen and oxygen atoms in total. The lowest BCUT2D eigenvalue weighted by Gasteiger charge is -2.11. The Labute approximate surface area is 178 Å². The zero-order valence-electron chi connectivity index (χ0n) is 17.2. The molecule has 4 aromatic rings. The maximum absolute atomic E-state index is 13.0. The molecule has 2 heterocycles. The summed E-state index contributed by atoms with van der Waals surface area (Å²) in [6, 6.07) is 16.2. The normalized spacial score (nSPS) is 10.9. The van der Waals surface area contributed by atoms with Crippen molar-refractivity contribution in [1.29, 1.82) is 0 Å². The Kier molecular flexibility index (Phi) is 5.44. The van der Waals surface area contributed by atoms with Crippen LogP contribution in [0.4, 0.5) is 5.69 Å². The molecule has 31 heavy (non-hydrogen) atoms. The maximum atomic E-state index is 13.0. The van der Waals surface area contributed by atoms with Crippen molar-refractivity contribution >= 4 is 28.4 Å². The summed E-state index contributed by atoms with van der Waals surface area (Å²) in [7, 11) is 0. The van der Waals surface area contributed by atoms with Crippen molar-refractivity contribution in [1.82, 2.24) is 19.3 Å². The average molecular weight is 415 g/mol. The van der Waals surface area contributed by atoms with Gasteiger partial charge in [0, 0.05) is 24.2 Å². The number of para-hydroxylation sites is 1. The van der Waals surface area contributed by atoms with Crippen molar-refractivity contribution in [3.8, 4) is 5.69 Å². The predicted octanol–water partition coefficient (Wildman–Crippen LogP) is 3.12. The van der Waals surface area contributed by atoms with Gasteiger partial charge in [-0.25, -0.2) is 9.67 Å². The van der Waals surface area contributed by atoms with E-state index < -0.39 is 0 Å². The number of aromatic nitrogens is 4.